The van der Waals surface area contributed by atoms with Crippen molar-refractivity contribution in [3.8, 4) is 0 Å². The van der Waals surface area contributed by atoms with Crippen LogP contribution in [0.2, 0.25) is 5.02 Å². The average Bonchev–Trinajstić information content (AvgIpc) is 2.43. The van der Waals surface area contributed by atoms with E-state index in [0.29, 0.717) is 11.2 Å². The molecule has 1 heterocycles. The highest BCUT2D eigenvalue weighted by Crippen LogP contribution is 2.20. The maximum atomic E-state index is 6.01. The number of thiocarbonyl (C=S) groups is 1. The Hall–Kier alpha value is -0.840. The molecule has 0 bridgehead atoms. The maximum Gasteiger partial charge on any atom is 0.171 e. The van der Waals surface area contributed by atoms with Gasteiger partial charge in [-0.05, 0) is 56.2 Å². The first-order chi connectivity index (χ1) is 9.58. The molecule has 1 aliphatic heterocycles. The molecule has 1 aromatic rings. The Morgan fingerprint density at radius 1 is 1.40 bits per heavy atom. The second-order valence-corrected chi connectivity index (χ2v) is 6.11. The molecule has 20 heavy (non-hydrogen) atoms. The molecule has 0 aromatic heterocycles. The summed E-state index contributed by atoms with van der Waals surface area (Å²) in [5.74, 6) is 0. The molecule has 0 atom stereocenters. The molecule has 0 unspecified atom stereocenters. The van der Waals surface area contributed by atoms with E-state index in [1.165, 1.54) is 0 Å². The Morgan fingerprint density at radius 2 is 2.10 bits per heavy atom. The monoisotopic (exact) mass is 311 g/mol. The zero-order chi connectivity index (χ0) is 14.5. The minimum Gasteiger partial charge on any atom is -0.360 e. The summed E-state index contributed by atoms with van der Waals surface area (Å²) in [7, 11) is 0. The second-order valence-electron chi connectivity index (χ2n) is 5.27. The third-order valence-corrected chi connectivity index (χ3v) is 4.27. The van der Waals surface area contributed by atoms with Gasteiger partial charge in [0.1, 0.15) is 0 Å². The molecule has 1 saturated heterocycles. The van der Waals surface area contributed by atoms with E-state index >= 15 is 0 Å². The number of hydrogen-bond donors (Lipinski definition) is 2. The number of benzene rings is 1. The second kappa shape index (κ2) is 7.25. The lowest BCUT2D eigenvalue weighted by Crippen LogP contribution is -2.45. The van der Waals surface area contributed by atoms with Gasteiger partial charge in [-0.15, -0.1) is 0 Å². The summed E-state index contributed by atoms with van der Waals surface area (Å²) in [6.45, 7) is 7.68. The summed E-state index contributed by atoms with van der Waals surface area (Å²) in [5.41, 5.74) is 2.11. The number of anilines is 1. The molecule has 2 rings (SSSR count). The van der Waals surface area contributed by atoms with Crippen LogP contribution in [-0.2, 0) is 0 Å². The van der Waals surface area contributed by atoms with Gasteiger partial charge in [0.25, 0.3) is 0 Å². The third-order valence-electron chi connectivity index (χ3n) is 3.82. The van der Waals surface area contributed by atoms with Gasteiger partial charge in [0.2, 0.25) is 0 Å². The van der Waals surface area contributed by atoms with Gasteiger partial charge in [0, 0.05) is 29.8 Å². The summed E-state index contributed by atoms with van der Waals surface area (Å²) < 4.78 is 0. The van der Waals surface area contributed by atoms with Gasteiger partial charge in [-0.25, -0.2) is 0 Å². The van der Waals surface area contributed by atoms with Crippen molar-refractivity contribution in [2.45, 2.75) is 32.7 Å². The lowest BCUT2D eigenvalue weighted by atomic mass is 10.1. The van der Waals surface area contributed by atoms with Crippen LogP contribution in [0.3, 0.4) is 0 Å². The summed E-state index contributed by atoms with van der Waals surface area (Å²) >= 11 is 11.4. The normalized spacial score (nSPS) is 16.9. The Morgan fingerprint density at radius 3 is 2.75 bits per heavy atom. The summed E-state index contributed by atoms with van der Waals surface area (Å²) in [6, 6.07) is 6.26. The Bertz CT molecular complexity index is 470. The molecule has 1 aromatic carbocycles. The SMILES string of the molecule is CCN1CCC(NC(=S)Nc2cc(Cl)ccc2C)CC1. The van der Waals surface area contributed by atoms with E-state index in [4.69, 9.17) is 23.8 Å². The average molecular weight is 312 g/mol. The lowest BCUT2D eigenvalue weighted by molar-refractivity contribution is 0.216. The predicted molar refractivity (Wildman–Crippen MR) is 90.7 cm³/mol. The van der Waals surface area contributed by atoms with Crippen molar-refractivity contribution in [3.63, 3.8) is 0 Å². The van der Waals surface area contributed by atoms with Crippen molar-refractivity contribution < 1.29 is 0 Å². The van der Waals surface area contributed by atoms with Crippen LogP contribution in [-0.4, -0.2) is 35.7 Å². The van der Waals surface area contributed by atoms with Crippen molar-refractivity contribution in [3.05, 3.63) is 28.8 Å². The van der Waals surface area contributed by atoms with Crippen LogP contribution in [0.1, 0.15) is 25.3 Å². The van der Waals surface area contributed by atoms with Crippen molar-refractivity contribution in [1.82, 2.24) is 10.2 Å². The first-order valence-electron chi connectivity index (χ1n) is 7.14. The van der Waals surface area contributed by atoms with Crippen LogP contribution in [0.4, 0.5) is 5.69 Å². The van der Waals surface area contributed by atoms with E-state index in [1.807, 2.05) is 25.1 Å². The minimum absolute atomic E-state index is 0.470. The number of nitrogens with one attached hydrogen (secondary N) is 2. The fourth-order valence-electron chi connectivity index (χ4n) is 2.47. The Kier molecular flexibility index (Phi) is 5.64. The number of aryl methyl sites for hydroxylation is 1. The third kappa shape index (κ3) is 4.33. The molecule has 0 aliphatic carbocycles. The van der Waals surface area contributed by atoms with Crippen LogP contribution in [0.25, 0.3) is 0 Å². The molecule has 5 heteroatoms. The van der Waals surface area contributed by atoms with Gasteiger partial charge in [-0.1, -0.05) is 24.6 Å². The lowest BCUT2D eigenvalue weighted by Gasteiger charge is -2.32. The van der Waals surface area contributed by atoms with Crippen molar-refractivity contribution in [2.24, 2.45) is 0 Å². The fourth-order valence-corrected chi connectivity index (χ4v) is 2.91. The molecular formula is C15H22ClN3S. The highest BCUT2D eigenvalue weighted by atomic mass is 35.5. The Balaban J connectivity index is 1.85. The number of rotatable bonds is 3. The van der Waals surface area contributed by atoms with Gasteiger partial charge >= 0.3 is 0 Å². The van der Waals surface area contributed by atoms with Gasteiger partial charge < -0.3 is 15.5 Å². The fraction of sp³-hybridized carbons (Fsp3) is 0.533. The highest BCUT2D eigenvalue weighted by Gasteiger charge is 2.18. The summed E-state index contributed by atoms with van der Waals surface area (Å²) in [6.07, 6.45) is 2.29. The van der Waals surface area contributed by atoms with E-state index in [9.17, 15) is 0 Å². The zero-order valence-corrected chi connectivity index (χ0v) is 13.7. The van der Waals surface area contributed by atoms with Crippen molar-refractivity contribution in [1.29, 1.82) is 0 Å². The van der Waals surface area contributed by atoms with Crippen LogP contribution < -0.4 is 10.6 Å². The molecule has 110 valence electrons. The van der Waals surface area contributed by atoms with Crippen molar-refractivity contribution in [2.75, 3.05) is 25.0 Å². The molecule has 0 amide bonds. The van der Waals surface area contributed by atoms with Crippen LogP contribution in [0, 0.1) is 6.92 Å². The van der Waals surface area contributed by atoms with Crippen molar-refractivity contribution >= 4 is 34.6 Å². The smallest absolute Gasteiger partial charge is 0.171 e. The van der Waals surface area contributed by atoms with Crippen LogP contribution in [0.5, 0.6) is 0 Å². The summed E-state index contributed by atoms with van der Waals surface area (Å²) in [5, 5.41) is 8.06. The zero-order valence-electron chi connectivity index (χ0n) is 12.1. The molecule has 0 saturated carbocycles. The molecule has 0 radical (unpaired) electrons. The molecular weight excluding hydrogens is 290 g/mol. The number of nitrogens with zero attached hydrogens (tertiary/aromatic N) is 1. The molecule has 0 spiro atoms. The standard InChI is InChI=1S/C15H22ClN3S/c1-3-19-8-6-13(7-9-19)17-15(20)18-14-10-12(16)5-4-11(14)2/h4-5,10,13H,3,6-9H2,1-2H3,(H2,17,18,20). The first kappa shape index (κ1) is 15.5. The van der Waals surface area contributed by atoms with Gasteiger partial charge in [0.05, 0.1) is 0 Å². The van der Waals surface area contributed by atoms with Gasteiger partial charge in [-0.3, -0.25) is 0 Å². The number of piperidine rings is 1. The number of hydrogen-bond acceptors (Lipinski definition) is 2. The van der Waals surface area contributed by atoms with E-state index < -0.39 is 0 Å². The topological polar surface area (TPSA) is 27.3 Å². The van der Waals surface area contributed by atoms with E-state index in [-0.39, 0.29) is 0 Å². The van der Waals surface area contributed by atoms with Gasteiger partial charge in [-0.2, -0.15) is 0 Å². The molecule has 1 aliphatic rings. The quantitative estimate of drug-likeness (QED) is 0.837. The molecule has 3 nitrogen and oxygen atoms in total. The predicted octanol–water partition coefficient (Wildman–Crippen LogP) is 3.42. The van der Waals surface area contributed by atoms with Crippen LogP contribution >= 0.6 is 23.8 Å². The Labute approximate surface area is 131 Å². The van der Waals surface area contributed by atoms with E-state index in [0.717, 1.165) is 48.7 Å². The minimum atomic E-state index is 0.470. The molecule has 2 N–H and O–H groups in total. The van der Waals surface area contributed by atoms with E-state index in [1.54, 1.807) is 0 Å². The number of likely N-dealkylation sites (tertiary alicyclic amines) is 1. The van der Waals surface area contributed by atoms with E-state index in [2.05, 4.69) is 22.5 Å². The van der Waals surface area contributed by atoms with Crippen LogP contribution in [0.15, 0.2) is 18.2 Å². The summed E-state index contributed by atoms with van der Waals surface area (Å²) in [4.78, 5) is 2.47. The largest absolute Gasteiger partial charge is 0.360 e. The molecule has 1 fully saturated rings. The maximum absolute atomic E-state index is 6.01. The highest BCUT2D eigenvalue weighted by molar-refractivity contribution is 7.80. The first-order valence-corrected chi connectivity index (χ1v) is 7.93. The number of halogens is 1. The van der Waals surface area contributed by atoms with Gasteiger partial charge in [0.15, 0.2) is 5.11 Å².